The average Bonchev–Trinajstić information content (AvgIpc) is 2.95. The lowest BCUT2D eigenvalue weighted by Gasteiger charge is -2.20. The first kappa shape index (κ1) is 19.0. The fourth-order valence-corrected chi connectivity index (χ4v) is 2.53. The molecular weight excluding hydrogens is 314 g/mol. The number of nitrogens with zero attached hydrogens (tertiary/aromatic N) is 3. The summed E-state index contributed by atoms with van der Waals surface area (Å²) in [4.78, 5) is 14.5. The van der Waals surface area contributed by atoms with Gasteiger partial charge in [0.15, 0.2) is 0 Å². The molecule has 1 aromatic carbocycles. The van der Waals surface area contributed by atoms with Crippen molar-refractivity contribution in [2.75, 3.05) is 13.7 Å². The first-order valence-electron chi connectivity index (χ1n) is 8.79. The smallest absolute Gasteiger partial charge is 0.272 e. The predicted molar refractivity (Wildman–Crippen MR) is 99.9 cm³/mol. The number of hydrogen-bond acceptors (Lipinski definition) is 3. The molecule has 0 aliphatic rings. The number of ether oxygens (including phenoxy) is 1. The summed E-state index contributed by atoms with van der Waals surface area (Å²) in [5.74, 6) is 1.55. The molecule has 5 heteroatoms. The van der Waals surface area contributed by atoms with Gasteiger partial charge in [0.1, 0.15) is 11.4 Å². The van der Waals surface area contributed by atoms with Crippen LogP contribution in [-0.4, -0.2) is 34.2 Å². The van der Waals surface area contributed by atoms with Gasteiger partial charge in [-0.05, 0) is 24.0 Å². The van der Waals surface area contributed by atoms with Crippen LogP contribution in [0.4, 0.5) is 0 Å². The lowest BCUT2D eigenvalue weighted by atomic mass is 10.1. The molecule has 1 heterocycles. The van der Waals surface area contributed by atoms with E-state index >= 15 is 0 Å². The number of para-hydroxylation sites is 1. The minimum Gasteiger partial charge on any atom is -0.493 e. The van der Waals surface area contributed by atoms with Crippen LogP contribution in [-0.2, 0) is 13.6 Å². The average molecular weight is 343 g/mol. The second-order valence-corrected chi connectivity index (χ2v) is 7.21. The highest BCUT2D eigenvalue weighted by molar-refractivity contribution is 5.92. The number of carbonyl (C=O) groups excluding carboxylic acids is 1. The van der Waals surface area contributed by atoms with Gasteiger partial charge in [0.2, 0.25) is 0 Å². The fraction of sp³-hybridized carbons (Fsp3) is 0.500. The fourth-order valence-electron chi connectivity index (χ4n) is 2.53. The minimum atomic E-state index is -0.0411. The van der Waals surface area contributed by atoms with E-state index in [4.69, 9.17) is 4.74 Å². The molecule has 136 valence electrons. The Kier molecular flexibility index (Phi) is 6.23. The summed E-state index contributed by atoms with van der Waals surface area (Å²) in [5, 5.41) is 4.43. The van der Waals surface area contributed by atoms with Crippen molar-refractivity contribution in [2.45, 2.75) is 40.2 Å². The van der Waals surface area contributed by atoms with Crippen molar-refractivity contribution in [1.29, 1.82) is 0 Å². The molecule has 1 aromatic heterocycles. The largest absolute Gasteiger partial charge is 0.493 e. The van der Waals surface area contributed by atoms with Gasteiger partial charge in [-0.2, -0.15) is 5.10 Å². The van der Waals surface area contributed by atoms with Gasteiger partial charge in [0, 0.05) is 26.2 Å². The maximum absolute atomic E-state index is 12.8. The van der Waals surface area contributed by atoms with Gasteiger partial charge in [-0.25, -0.2) is 0 Å². The van der Waals surface area contributed by atoms with E-state index in [9.17, 15) is 4.79 Å². The highest BCUT2D eigenvalue weighted by Crippen LogP contribution is 2.21. The van der Waals surface area contributed by atoms with Crippen molar-refractivity contribution < 1.29 is 9.53 Å². The molecule has 0 saturated carbocycles. The zero-order valence-corrected chi connectivity index (χ0v) is 16.1. The molecule has 2 rings (SSSR count). The molecule has 0 bridgehead atoms. The monoisotopic (exact) mass is 343 g/mol. The van der Waals surface area contributed by atoms with Crippen LogP contribution in [0.5, 0.6) is 5.75 Å². The van der Waals surface area contributed by atoms with Crippen LogP contribution < -0.4 is 4.74 Å². The van der Waals surface area contributed by atoms with Gasteiger partial charge in [-0.1, -0.05) is 45.9 Å². The molecule has 0 radical (unpaired) electrons. The van der Waals surface area contributed by atoms with Crippen molar-refractivity contribution in [3.05, 3.63) is 47.3 Å². The normalized spacial score (nSPS) is 11.2. The summed E-state index contributed by atoms with van der Waals surface area (Å²) in [7, 11) is 3.62. The van der Waals surface area contributed by atoms with E-state index < -0.39 is 0 Å². The molecule has 2 aromatic rings. The highest BCUT2D eigenvalue weighted by atomic mass is 16.5. The van der Waals surface area contributed by atoms with E-state index in [1.54, 1.807) is 9.58 Å². The minimum absolute atomic E-state index is 0.0411. The second-order valence-electron chi connectivity index (χ2n) is 7.21. The van der Waals surface area contributed by atoms with E-state index in [-0.39, 0.29) is 5.91 Å². The van der Waals surface area contributed by atoms with Crippen molar-refractivity contribution in [3.63, 3.8) is 0 Å². The summed E-state index contributed by atoms with van der Waals surface area (Å²) in [6.07, 6.45) is 0. The third-order valence-electron chi connectivity index (χ3n) is 4.01. The Morgan fingerprint density at radius 1 is 1.24 bits per heavy atom. The Balaban J connectivity index is 2.14. The second kappa shape index (κ2) is 8.19. The predicted octanol–water partition coefficient (Wildman–Crippen LogP) is 3.85. The molecular formula is C20H29N3O2. The maximum atomic E-state index is 12.8. The Bertz CT molecular complexity index is 719. The zero-order valence-electron chi connectivity index (χ0n) is 16.1. The Morgan fingerprint density at radius 2 is 1.92 bits per heavy atom. The van der Waals surface area contributed by atoms with E-state index in [1.165, 1.54) is 0 Å². The van der Waals surface area contributed by atoms with E-state index in [2.05, 4.69) is 32.8 Å². The lowest BCUT2D eigenvalue weighted by Crippen LogP contribution is -2.28. The Labute approximate surface area is 150 Å². The molecule has 1 amide bonds. The van der Waals surface area contributed by atoms with Gasteiger partial charge in [0.25, 0.3) is 5.91 Å². The molecule has 0 saturated heterocycles. The topological polar surface area (TPSA) is 47.4 Å². The summed E-state index contributed by atoms with van der Waals surface area (Å²) < 4.78 is 7.55. The number of amides is 1. The third kappa shape index (κ3) is 4.84. The number of aromatic nitrogens is 2. The first-order valence-corrected chi connectivity index (χ1v) is 8.79. The van der Waals surface area contributed by atoms with Gasteiger partial charge in [-0.3, -0.25) is 9.48 Å². The molecule has 0 atom stereocenters. The number of benzene rings is 1. The van der Waals surface area contributed by atoms with Gasteiger partial charge in [0.05, 0.1) is 12.3 Å². The molecule has 0 aliphatic carbocycles. The van der Waals surface area contributed by atoms with Crippen LogP contribution in [0.3, 0.4) is 0 Å². The molecule has 0 aliphatic heterocycles. The molecule has 0 unspecified atom stereocenters. The van der Waals surface area contributed by atoms with Gasteiger partial charge in [-0.15, -0.1) is 0 Å². The standard InChI is InChI=1S/C20H29N3O2/c1-14(2)13-25-19-10-8-7-9-16(19)12-22(5)20(24)18-11-17(15(3)4)21-23(18)6/h7-11,14-15H,12-13H2,1-6H3. The summed E-state index contributed by atoms with van der Waals surface area (Å²) in [5.41, 5.74) is 2.54. The van der Waals surface area contributed by atoms with Gasteiger partial charge < -0.3 is 9.64 Å². The van der Waals surface area contributed by atoms with Crippen LogP contribution in [0, 0.1) is 5.92 Å². The van der Waals surface area contributed by atoms with Crippen molar-refractivity contribution >= 4 is 5.91 Å². The zero-order chi connectivity index (χ0) is 18.6. The number of aryl methyl sites for hydroxylation is 1. The van der Waals surface area contributed by atoms with Crippen LogP contribution in [0.25, 0.3) is 0 Å². The van der Waals surface area contributed by atoms with Gasteiger partial charge >= 0.3 is 0 Å². The number of carbonyl (C=O) groups is 1. The number of hydrogen-bond donors (Lipinski definition) is 0. The highest BCUT2D eigenvalue weighted by Gasteiger charge is 2.19. The van der Waals surface area contributed by atoms with Crippen LogP contribution in [0.2, 0.25) is 0 Å². The van der Waals surface area contributed by atoms with E-state index in [0.29, 0.717) is 30.7 Å². The Morgan fingerprint density at radius 3 is 2.52 bits per heavy atom. The van der Waals surface area contributed by atoms with Crippen molar-refractivity contribution in [2.24, 2.45) is 13.0 Å². The number of rotatable bonds is 7. The van der Waals surface area contributed by atoms with Crippen molar-refractivity contribution in [3.8, 4) is 5.75 Å². The lowest BCUT2D eigenvalue weighted by molar-refractivity contribution is 0.0772. The van der Waals surface area contributed by atoms with Crippen LogP contribution in [0.1, 0.15) is 55.4 Å². The van der Waals surface area contributed by atoms with E-state index in [0.717, 1.165) is 17.0 Å². The molecule has 0 N–H and O–H groups in total. The maximum Gasteiger partial charge on any atom is 0.272 e. The molecule has 5 nitrogen and oxygen atoms in total. The van der Waals surface area contributed by atoms with Crippen molar-refractivity contribution in [1.82, 2.24) is 14.7 Å². The quantitative estimate of drug-likeness (QED) is 0.767. The van der Waals surface area contributed by atoms with E-state index in [1.807, 2.05) is 44.4 Å². The molecule has 0 fully saturated rings. The van der Waals surface area contributed by atoms with Crippen LogP contribution >= 0.6 is 0 Å². The summed E-state index contributed by atoms with van der Waals surface area (Å²) in [6.45, 7) is 9.54. The van der Waals surface area contributed by atoms with Crippen LogP contribution in [0.15, 0.2) is 30.3 Å². The third-order valence-corrected chi connectivity index (χ3v) is 4.01. The Hall–Kier alpha value is -2.30. The first-order chi connectivity index (χ1) is 11.8. The molecule has 0 spiro atoms. The SMILES string of the molecule is CC(C)COc1ccccc1CN(C)C(=O)c1cc(C(C)C)nn1C. The summed E-state index contributed by atoms with van der Waals surface area (Å²) >= 11 is 0. The summed E-state index contributed by atoms with van der Waals surface area (Å²) in [6, 6.07) is 9.76. The molecule has 25 heavy (non-hydrogen) atoms.